The molecule has 0 radical (unpaired) electrons. The average molecular weight is 290 g/mol. The number of rotatable bonds is 8. The molecule has 0 unspecified atom stereocenters. The molecule has 0 aliphatic carbocycles. The molecule has 0 amide bonds. The fourth-order valence-corrected chi connectivity index (χ4v) is 1.96. The summed E-state index contributed by atoms with van der Waals surface area (Å²) in [6.07, 6.45) is 1.73. The van der Waals surface area contributed by atoms with Crippen molar-refractivity contribution < 1.29 is 13.9 Å². The lowest BCUT2D eigenvalue weighted by molar-refractivity contribution is 0.288. The molecule has 21 heavy (non-hydrogen) atoms. The van der Waals surface area contributed by atoms with Gasteiger partial charge in [0.2, 0.25) is 5.89 Å². The van der Waals surface area contributed by atoms with Crippen LogP contribution in [0.4, 0.5) is 0 Å². The van der Waals surface area contributed by atoms with Gasteiger partial charge in [-0.3, -0.25) is 0 Å². The SMILES string of the molecule is CCNCc1ncc(-c2ccc(OCC)c(OCC)c2)o1. The highest BCUT2D eigenvalue weighted by Gasteiger charge is 2.11. The van der Waals surface area contributed by atoms with Gasteiger partial charge in [0, 0.05) is 5.56 Å². The van der Waals surface area contributed by atoms with Crippen LogP contribution in [0.1, 0.15) is 26.7 Å². The summed E-state index contributed by atoms with van der Waals surface area (Å²) in [5.41, 5.74) is 0.928. The second kappa shape index (κ2) is 7.69. The molecule has 1 N–H and O–H groups in total. The topological polar surface area (TPSA) is 56.5 Å². The average Bonchev–Trinajstić information content (AvgIpc) is 2.96. The van der Waals surface area contributed by atoms with E-state index in [-0.39, 0.29) is 0 Å². The highest BCUT2D eigenvalue weighted by molar-refractivity contribution is 5.62. The van der Waals surface area contributed by atoms with Crippen molar-refractivity contribution in [2.24, 2.45) is 0 Å². The summed E-state index contributed by atoms with van der Waals surface area (Å²) in [4.78, 5) is 4.26. The van der Waals surface area contributed by atoms with E-state index in [9.17, 15) is 0 Å². The zero-order chi connectivity index (χ0) is 15.1. The van der Waals surface area contributed by atoms with Gasteiger partial charge in [-0.2, -0.15) is 0 Å². The first-order chi connectivity index (χ1) is 10.3. The number of nitrogens with zero attached hydrogens (tertiary/aromatic N) is 1. The van der Waals surface area contributed by atoms with Crippen LogP contribution in [-0.2, 0) is 6.54 Å². The molecule has 2 aromatic rings. The van der Waals surface area contributed by atoms with Crippen molar-refractivity contribution in [3.8, 4) is 22.8 Å². The van der Waals surface area contributed by atoms with Crippen LogP contribution in [0.25, 0.3) is 11.3 Å². The van der Waals surface area contributed by atoms with Gasteiger partial charge in [-0.1, -0.05) is 6.92 Å². The number of ether oxygens (including phenoxy) is 2. The second-order valence-electron chi connectivity index (χ2n) is 4.43. The molecule has 0 atom stereocenters. The monoisotopic (exact) mass is 290 g/mol. The normalized spacial score (nSPS) is 10.6. The van der Waals surface area contributed by atoms with Crippen LogP contribution in [0.3, 0.4) is 0 Å². The van der Waals surface area contributed by atoms with Crippen LogP contribution in [0.15, 0.2) is 28.8 Å². The number of hydrogen-bond acceptors (Lipinski definition) is 5. The van der Waals surface area contributed by atoms with Crippen molar-refractivity contribution in [2.45, 2.75) is 27.3 Å². The molecular formula is C16H22N2O3. The second-order valence-corrected chi connectivity index (χ2v) is 4.43. The Balaban J connectivity index is 2.22. The quantitative estimate of drug-likeness (QED) is 0.808. The Morgan fingerprint density at radius 3 is 2.57 bits per heavy atom. The Bertz CT molecular complexity index is 566. The lowest BCUT2D eigenvalue weighted by atomic mass is 10.1. The molecule has 1 heterocycles. The smallest absolute Gasteiger partial charge is 0.208 e. The van der Waals surface area contributed by atoms with Crippen LogP contribution < -0.4 is 14.8 Å². The van der Waals surface area contributed by atoms with E-state index in [1.807, 2.05) is 39.0 Å². The molecule has 114 valence electrons. The summed E-state index contributed by atoms with van der Waals surface area (Å²) >= 11 is 0. The summed E-state index contributed by atoms with van der Waals surface area (Å²) in [6.45, 7) is 8.66. The lowest BCUT2D eigenvalue weighted by Crippen LogP contribution is -2.11. The third-order valence-electron chi connectivity index (χ3n) is 2.91. The third-order valence-corrected chi connectivity index (χ3v) is 2.91. The van der Waals surface area contributed by atoms with Gasteiger partial charge in [0.25, 0.3) is 0 Å². The van der Waals surface area contributed by atoms with Gasteiger partial charge >= 0.3 is 0 Å². The first-order valence-corrected chi connectivity index (χ1v) is 7.33. The fraction of sp³-hybridized carbons (Fsp3) is 0.438. The molecule has 0 bridgehead atoms. The maximum atomic E-state index is 5.73. The van der Waals surface area contributed by atoms with Crippen LogP contribution >= 0.6 is 0 Å². The summed E-state index contributed by atoms with van der Waals surface area (Å²) in [6, 6.07) is 5.77. The van der Waals surface area contributed by atoms with E-state index in [1.165, 1.54) is 0 Å². The molecule has 5 nitrogen and oxygen atoms in total. The summed E-state index contributed by atoms with van der Waals surface area (Å²) in [5.74, 6) is 2.88. The van der Waals surface area contributed by atoms with Crippen molar-refractivity contribution in [1.29, 1.82) is 0 Å². The van der Waals surface area contributed by atoms with Gasteiger partial charge in [0.15, 0.2) is 17.3 Å². The van der Waals surface area contributed by atoms with E-state index in [2.05, 4.69) is 10.3 Å². The van der Waals surface area contributed by atoms with Crippen LogP contribution in [-0.4, -0.2) is 24.7 Å². The van der Waals surface area contributed by atoms with E-state index in [1.54, 1.807) is 6.20 Å². The van der Waals surface area contributed by atoms with Crippen molar-refractivity contribution in [1.82, 2.24) is 10.3 Å². The van der Waals surface area contributed by atoms with Crippen LogP contribution in [0.5, 0.6) is 11.5 Å². The Hall–Kier alpha value is -2.01. The van der Waals surface area contributed by atoms with Crippen LogP contribution in [0, 0.1) is 0 Å². The summed E-state index contributed by atoms with van der Waals surface area (Å²) < 4.78 is 16.9. The molecule has 0 saturated carbocycles. The molecule has 0 aliphatic rings. The summed E-state index contributed by atoms with van der Waals surface area (Å²) in [5, 5.41) is 3.19. The lowest BCUT2D eigenvalue weighted by Gasteiger charge is -2.11. The zero-order valence-corrected chi connectivity index (χ0v) is 12.8. The standard InChI is InChI=1S/C16H22N2O3/c1-4-17-11-16-18-10-15(21-16)12-7-8-13(19-5-2)14(9-12)20-6-3/h7-10,17H,4-6,11H2,1-3H3. The Kier molecular flexibility index (Phi) is 5.63. The zero-order valence-electron chi connectivity index (χ0n) is 12.8. The van der Waals surface area contributed by atoms with Gasteiger partial charge in [0.1, 0.15) is 0 Å². The summed E-state index contributed by atoms with van der Waals surface area (Å²) in [7, 11) is 0. The number of hydrogen-bond donors (Lipinski definition) is 1. The molecule has 0 saturated heterocycles. The predicted octanol–water partition coefficient (Wildman–Crippen LogP) is 3.25. The third kappa shape index (κ3) is 3.98. The molecular weight excluding hydrogens is 268 g/mol. The fourth-order valence-electron chi connectivity index (χ4n) is 1.96. The van der Waals surface area contributed by atoms with E-state index >= 15 is 0 Å². The largest absolute Gasteiger partial charge is 0.490 e. The van der Waals surface area contributed by atoms with Gasteiger partial charge in [-0.15, -0.1) is 0 Å². The Morgan fingerprint density at radius 2 is 1.86 bits per heavy atom. The molecule has 2 rings (SSSR count). The van der Waals surface area contributed by atoms with Crippen LogP contribution in [0.2, 0.25) is 0 Å². The minimum Gasteiger partial charge on any atom is -0.490 e. The number of oxazole rings is 1. The Labute approximate surface area is 125 Å². The first kappa shape index (κ1) is 15.4. The van der Waals surface area contributed by atoms with E-state index in [4.69, 9.17) is 13.9 Å². The van der Waals surface area contributed by atoms with E-state index in [0.29, 0.717) is 25.6 Å². The van der Waals surface area contributed by atoms with E-state index in [0.717, 1.165) is 29.4 Å². The predicted molar refractivity (Wildman–Crippen MR) is 81.7 cm³/mol. The van der Waals surface area contributed by atoms with Crippen molar-refractivity contribution in [2.75, 3.05) is 19.8 Å². The molecule has 5 heteroatoms. The molecule has 0 fully saturated rings. The molecule has 1 aromatic carbocycles. The maximum absolute atomic E-state index is 5.73. The number of benzene rings is 1. The van der Waals surface area contributed by atoms with Gasteiger partial charge in [-0.05, 0) is 38.6 Å². The van der Waals surface area contributed by atoms with Gasteiger partial charge < -0.3 is 19.2 Å². The first-order valence-electron chi connectivity index (χ1n) is 7.33. The maximum Gasteiger partial charge on any atom is 0.208 e. The Morgan fingerprint density at radius 1 is 1.10 bits per heavy atom. The molecule has 0 spiro atoms. The molecule has 1 aromatic heterocycles. The van der Waals surface area contributed by atoms with Gasteiger partial charge in [0.05, 0.1) is 26.0 Å². The minimum atomic E-state index is 0.589. The number of nitrogens with one attached hydrogen (secondary N) is 1. The minimum absolute atomic E-state index is 0.589. The van der Waals surface area contributed by atoms with Crippen molar-refractivity contribution >= 4 is 0 Å². The molecule has 0 aliphatic heterocycles. The van der Waals surface area contributed by atoms with Crippen molar-refractivity contribution in [3.63, 3.8) is 0 Å². The number of aromatic nitrogens is 1. The van der Waals surface area contributed by atoms with Crippen molar-refractivity contribution in [3.05, 3.63) is 30.3 Å². The van der Waals surface area contributed by atoms with E-state index < -0.39 is 0 Å². The highest BCUT2D eigenvalue weighted by Crippen LogP contribution is 2.33. The van der Waals surface area contributed by atoms with Gasteiger partial charge in [-0.25, -0.2) is 4.98 Å². The highest BCUT2D eigenvalue weighted by atomic mass is 16.5.